The Morgan fingerprint density at radius 2 is 2.25 bits per heavy atom. The predicted molar refractivity (Wildman–Crippen MR) is 69.4 cm³/mol. The molecule has 0 atom stereocenters. The summed E-state index contributed by atoms with van der Waals surface area (Å²) in [6.45, 7) is 0. The van der Waals surface area contributed by atoms with Crippen LogP contribution in [0, 0.1) is 0 Å². The minimum atomic E-state index is -0.255. The third kappa shape index (κ3) is 2.37. The highest BCUT2D eigenvalue weighted by atomic mass is 35.5. The fourth-order valence-electron chi connectivity index (χ4n) is 1.20. The molecule has 1 fully saturated rings. The number of nitrogens with one attached hydrogen (secondary N) is 1. The van der Waals surface area contributed by atoms with E-state index in [0.717, 1.165) is 11.8 Å². The predicted octanol–water partition coefficient (Wildman–Crippen LogP) is 2.53. The summed E-state index contributed by atoms with van der Waals surface area (Å²) in [6.07, 6.45) is 1.56. The molecule has 1 saturated heterocycles. The van der Waals surface area contributed by atoms with Crippen LogP contribution in [0.3, 0.4) is 0 Å². The van der Waals surface area contributed by atoms with Gasteiger partial charge in [-0.1, -0.05) is 35.6 Å². The third-order valence-electron chi connectivity index (χ3n) is 1.92. The quantitative estimate of drug-likeness (QED) is 0.609. The average Bonchev–Trinajstić information content (AvgIpc) is 2.51. The summed E-state index contributed by atoms with van der Waals surface area (Å²) < 4.78 is 0.415. The fraction of sp³-hybridized carbons (Fsp3) is 0. The molecule has 0 spiro atoms. The first-order valence-corrected chi connectivity index (χ1v) is 5.90. The number of rotatable bonds is 1. The Kier molecular flexibility index (Phi) is 3.18. The molecule has 0 saturated carbocycles. The minimum absolute atomic E-state index is 0.0723. The molecule has 2 rings (SSSR count). The molecular formula is C10H6ClNO2S2. The number of phenolic OH excluding ortho intramolecular Hbond substituents is 1. The first-order chi connectivity index (χ1) is 7.56. The van der Waals surface area contributed by atoms with E-state index in [0.29, 0.717) is 19.8 Å². The second kappa shape index (κ2) is 4.45. The van der Waals surface area contributed by atoms with Gasteiger partial charge in [0.15, 0.2) is 0 Å². The lowest BCUT2D eigenvalue weighted by Crippen LogP contribution is -2.17. The van der Waals surface area contributed by atoms with Gasteiger partial charge in [-0.15, -0.1) is 0 Å². The van der Waals surface area contributed by atoms with E-state index in [4.69, 9.17) is 23.8 Å². The van der Waals surface area contributed by atoms with Crippen LogP contribution in [0.15, 0.2) is 23.1 Å². The normalized spacial score (nSPS) is 17.9. The maximum Gasteiger partial charge on any atom is 0.263 e. The zero-order chi connectivity index (χ0) is 11.7. The lowest BCUT2D eigenvalue weighted by atomic mass is 10.2. The van der Waals surface area contributed by atoms with Crippen LogP contribution < -0.4 is 5.32 Å². The number of carbonyl (C=O) groups excluding carboxylic acids is 1. The topological polar surface area (TPSA) is 49.3 Å². The zero-order valence-electron chi connectivity index (χ0n) is 7.86. The molecule has 0 radical (unpaired) electrons. The number of thioether (sulfide) groups is 1. The Balaban J connectivity index is 2.39. The summed E-state index contributed by atoms with van der Waals surface area (Å²) in [5.74, 6) is -0.183. The van der Waals surface area contributed by atoms with E-state index < -0.39 is 0 Å². The van der Waals surface area contributed by atoms with Crippen molar-refractivity contribution in [2.45, 2.75) is 0 Å². The summed E-state index contributed by atoms with van der Waals surface area (Å²) in [5.41, 5.74) is 0.495. The lowest BCUT2D eigenvalue weighted by Gasteiger charge is -2.00. The third-order valence-corrected chi connectivity index (χ3v) is 3.32. The van der Waals surface area contributed by atoms with Gasteiger partial charge < -0.3 is 10.4 Å². The van der Waals surface area contributed by atoms with Crippen LogP contribution in [0.4, 0.5) is 0 Å². The van der Waals surface area contributed by atoms with Crippen LogP contribution in [0.25, 0.3) is 6.08 Å². The van der Waals surface area contributed by atoms with E-state index in [1.54, 1.807) is 18.2 Å². The molecular weight excluding hydrogens is 266 g/mol. The summed E-state index contributed by atoms with van der Waals surface area (Å²) in [5, 5.41) is 12.6. The van der Waals surface area contributed by atoms with Gasteiger partial charge in [0.1, 0.15) is 10.1 Å². The van der Waals surface area contributed by atoms with Gasteiger partial charge in [-0.25, -0.2) is 0 Å². The molecule has 6 heteroatoms. The summed E-state index contributed by atoms with van der Waals surface area (Å²) in [7, 11) is 0. The Hall–Kier alpha value is -1.04. The van der Waals surface area contributed by atoms with Crippen molar-refractivity contribution in [3.63, 3.8) is 0 Å². The monoisotopic (exact) mass is 271 g/mol. The molecule has 1 aromatic rings. The van der Waals surface area contributed by atoms with Crippen LogP contribution in [0.2, 0.25) is 5.02 Å². The number of amides is 1. The summed E-state index contributed by atoms with van der Waals surface area (Å²) in [6, 6.07) is 4.63. The van der Waals surface area contributed by atoms with E-state index >= 15 is 0 Å². The largest absolute Gasteiger partial charge is 0.507 e. The highest BCUT2D eigenvalue weighted by molar-refractivity contribution is 8.26. The van der Waals surface area contributed by atoms with E-state index in [2.05, 4.69) is 5.32 Å². The van der Waals surface area contributed by atoms with Crippen LogP contribution in [0.1, 0.15) is 5.56 Å². The number of carbonyl (C=O) groups is 1. The molecule has 0 bridgehead atoms. The molecule has 0 aromatic heterocycles. The number of halogens is 1. The van der Waals surface area contributed by atoms with Crippen LogP contribution >= 0.6 is 35.6 Å². The molecule has 1 aliphatic rings. The maximum atomic E-state index is 11.4. The minimum Gasteiger partial charge on any atom is -0.507 e. The van der Waals surface area contributed by atoms with E-state index in [1.807, 2.05) is 0 Å². The number of benzene rings is 1. The Bertz CT molecular complexity index is 514. The van der Waals surface area contributed by atoms with E-state index in [1.165, 1.54) is 6.07 Å². The van der Waals surface area contributed by atoms with Crippen LogP contribution in [0.5, 0.6) is 5.75 Å². The molecule has 82 valence electrons. The number of thiocarbonyl (C=S) groups is 1. The highest BCUT2D eigenvalue weighted by Gasteiger charge is 2.22. The zero-order valence-corrected chi connectivity index (χ0v) is 10.2. The van der Waals surface area contributed by atoms with Gasteiger partial charge in [0, 0.05) is 10.6 Å². The Labute approximate surface area is 106 Å². The standard InChI is InChI=1S/C10H6ClNO2S2/c11-6-1-2-7(13)5(3-6)4-8-9(14)12-10(15)16-8/h1-4,13H,(H,12,14,15)/b8-4+. The Morgan fingerprint density at radius 3 is 2.88 bits per heavy atom. The van der Waals surface area contributed by atoms with Crippen molar-refractivity contribution in [2.24, 2.45) is 0 Å². The molecule has 1 amide bonds. The van der Waals surface area contributed by atoms with Gasteiger partial charge in [0.05, 0.1) is 4.91 Å². The molecule has 0 aliphatic carbocycles. The fourth-order valence-corrected chi connectivity index (χ4v) is 2.42. The molecule has 3 nitrogen and oxygen atoms in total. The number of phenols is 1. The number of hydrogen-bond donors (Lipinski definition) is 2. The van der Waals surface area contributed by atoms with E-state index in [-0.39, 0.29) is 11.7 Å². The van der Waals surface area contributed by atoms with Gasteiger partial charge in [-0.3, -0.25) is 4.79 Å². The average molecular weight is 272 g/mol. The second-order valence-electron chi connectivity index (χ2n) is 3.06. The summed E-state index contributed by atoms with van der Waals surface area (Å²) in [4.78, 5) is 11.8. The number of aromatic hydroxyl groups is 1. The second-order valence-corrected chi connectivity index (χ2v) is 5.21. The molecule has 16 heavy (non-hydrogen) atoms. The lowest BCUT2D eigenvalue weighted by molar-refractivity contribution is -0.115. The van der Waals surface area contributed by atoms with Crippen LogP contribution in [-0.4, -0.2) is 15.3 Å². The van der Waals surface area contributed by atoms with Crippen molar-refractivity contribution < 1.29 is 9.90 Å². The maximum absolute atomic E-state index is 11.4. The van der Waals surface area contributed by atoms with Gasteiger partial charge >= 0.3 is 0 Å². The van der Waals surface area contributed by atoms with Crippen molar-refractivity contribution in [2.75, 3.05) is 0 Å². The van der Waals surface area contributed by atoms with E-state index in [9.17, 15) is 9.90 Å². The van der Waals surface area contributed by atoms with Crippen molar-refractivity contribution in [3.8, 4) is 5.75 Å². The van der Waals surface area contributed by atoms with Crippen molar-refractivity contribution in [3.05, 3.63) is 33.7 Å². The smallest absolute Gasteiger partial charge is 0.263 e. The molecule has 1 heterocycles. The molecule has 1 aliphatic heterocycles. The first kappa shape index (κ1) is 11.4. The van der Waals surface area contributed by atoms with Gasteiger partial charge in [-0.05, 0) is 24.3 Å². The SMILES string of the molecule is O=C1NC(=S)S/C1=C/c1cc(Cl)ccc1O. The van der Waals surface area contributed by atoms with Gasteiger partial charge in [0.25, 0.3) is 5.91 Å². The van der Waals surface area contributed by atoms with Crippen molar-refractivity contribution >= 4 is 51.9 Å². The Morgan fingerprint density at radius 1 is 1.50 bits per heavy atom. The van der Waals surface area contributed by atoms with Crippen molar-refractivity contribution in [1.82, 2.24) is 5.32 Å². The molecule has 1 aromatic carbocycles. The molecule has 0 unspecified atom stereocenters. The highest BCUT2D eigenvalue weighted by Crippen LogP contribution is 2.30. The summed E-state index contributed by atoms with van der Waals surface area (Å²) >= 11 is 11.8. The number of hydrogen-bond acceptors (Lipinski definition) is 4. The van der Waals surface area contributed by atoms with Crippen molar-refractivity contribution in [1.29, 1.82) is 0 Å². The van der Waals surface area contributed by atoms with Gasteiger partial charge in [0.2, 0.25) is 0 Å². The van der Waals surface area contributed by atoms with Gasteiger partial charge in [-0.2, -0.15) is 0 Å². The molecule has 2 N–H and O–H groups in total. The first-order valence-electron chi connectivity index (χ1n) is 4.29. The van der Waals surface area contributed by atoms with Crippen LogP contribution in [-0.2, 0) is 4.79 Å².